The molecule has 0 spiro atoms. The van der Waals surface area contributed by atoms with Crippen molar-refractivity contribution in [2.24, 2.45) is 5.73 Å². The van der Waals surface area contributed by atoms with Gasteiger partial charge in [0.25, 0.3) is 0 Å². The van der Waals surface area contributed by atoms with Gasteiger partial charge in [-0.15, -0.1) is 0 Å². The van der Waals surface area contributed by atoms with Crippen molar-refractivity contribution >= 4 is 16.9 Å². The Hall–Kier alpha value is -1.72. The van der Waals surface area contributed by atoms with Crippen molar-refractivity contribution in [3.05, 3.63) is 30.5 Å². The summed E-state index contributed by atoms with van der Waals surface area (Å²) in [6.07, 6.45) is 1.12. The lowest BCUT2D eigenvalue weighted by molar-refractivity contribution is 0.168. The van der Waals surface area contributed by atoms with Crippen LogP contribution < -0.4 is 11.1 Å². The third-order valence-electron chi connectivity index (χ3n) is 2.59. The first-order valence-corrected chi connectivity index (χ1v) is 5.56. The summed E-state index contributed by atoms with van der Waals surface area (Å²) in [6, 6.07) is 7.34. The summed E-state index contributed by atoms with van der Waals surface area (Å²) in [5, 5.41) is 12.3. The highest BCUT2D eigenvalue weighted by atomic mass is 16.3. The number of nitrogens with two attached hydrogens (primary N) is 1. The Bertz CT molecular complexity index is 501. The minimum atomic E-state index is -0.545. The smallest absolute Gasteiger partial charge is 0.145 e. The molecule has 1 heterocycles. The van der Waals surface area contributed by atoms with Crippen LogP contribution in [0.1, 0.15) is 6.92 Å². The van der Waals surface area contributed by atoms with E-state index in [0.29, 0.717) is 12.4 Å². The number of nitrogens with one attached hydrogen (secondary N) is 1. The van der Waals surface area contributed by atoms with Crippen molar-refractivity contribution < 1.29 is 5.11 Å². The average molecular weight is 232 g/mol. The van der Waals surface area contributed by atoms with Gasteiger partial charge in [-0.2, -0.15) is 0 Å². The van der Waals surface area contributed by atoms with E-state index < -0.39 is 6.10 Å². The molecule has 0 aliphatic rings. The lowest BCUT2D eigenvalue weighted by Gasteiger charge is -2.15. The number of para-hydroxylation sites is 2. The zero-order chi connectivity index (χ0) is 12.3. The predicted molar refractivity (Wildman–Crippen MR) is 67.7 cm³/mol. The minimum absolute atomic E-state index is 0.316. The van der Waals surface area contributed by atoms with Crippen LogP contribution in [0.25, 0.3) is 11.0 Å². The van der Waals surface area contributed by atoms with Crippen LogP contribution in [-0.4, -0.2) is 33.8 Å². The molecule has 0 fully saturated rings. The number of aliphatic hydroxyl groups is 1. The Morgan fingerprint density at radius 1 is 1.35 bits per heavy atom. The van der Waals surface area contributed by atoms with Gasteiger partial charge in [0, 0.05) is 12.6 Å². The number of hydrogen-bond donors (Lipinski definition) is 3. The molecule has 2 rings (SSSR count). The van der Waals surface area contributed by atoms with Gasteiger partial charge in [0.15, 0.2) is 0 Å². The molecule has 2 aromatic rings. The SMILES string of the molecule is CC(O)C(N)CNc1cnc2ccccc2n1. The third kappa shape index (κ3) is 2.89. The van der Waals surface area contributed by atoms with Crippen molar-refractivity contribution in [3.8, 4) is 0 Å². The number of rotatable bonds is 4. The largest absolute Gasteiger partial charge is 0.392 e. The molecule has 2 atom stereocenters. The van der Waals surface area contributed by atoms with E-state index in [1.807, 2.05) is 24.3 Å². The van der Waals surface area contributed by atoms with Crippen molar-refractivity contribution in [3.63, 3.8) is 0 Å². The molecule has 0 saturated heterocycles. The zero-order valence-electron chi connectivity index (χ0n) is 9.67. The number of nitrogens with zero attached hydrogens (tertiary/aromatic N) is 2. The molecule has 4 N–H and O–H groups in total. The maximum Gasteiger partial charge on any atom is 0.145 e. The summed E-state index contributed by atoms with van der Waals surface area (Å²) in [5.74, 6) is 0.666. The molecular formula is C12H16N4O. The van der Waals surface area contributed by atoms with Crippen molar-refractivity contribution in [2.75, 3.05) is 11.9 Å². The molecule has 1 aromatic carbocycles. The van der Waals surface area contributed by atoms with Gasteiger partial charge in [0.1, 0.15) is 5.82 Å². The van der Waals surface area contributed by atoms with E-state index in [1.165, 1.54) is 0 Å². The quantitative estimate of drug-likeness (QED) is 0.724. The molecule has 1 aromatic heterocycles. The number of benzene rings is 1. The highest BCUT2D eigenvalue weighted by Crippen LogP contribution is 2.11. The summed E-state index contributed by atoms with van der Waals surface area (Å²) >= 11 is 0. The second-order valence-corrected chi connectivity index (χ2v) is 4.03. The number of anilines is 1. The first-order valence-electron chi connectivity index (χ1n) is 5.56. The Balaban J connectivity index is 2.09. The first kappa shape index (κ1) is 11.8. The van der Waals surface area contributed by atoms with Crippen LogP contribution >= 0.6 is 0 Å². The van der Waals surface area contributed by atoms with Crippen molar-refractivity contribution in [1.82, 2.24) is 9.97 Å². The van der Waals surface area contributed by atoms with Gasteiger partial charge in [0.2, 0.25) is 0 Å². The fourth-order valence-corrected chi connectivity index (χ4v) is 1.44. The average Bonchev–Trinajstić information content (AvgIpc) is 2.35. The van der Waals surface area contributed by atoms with Crippen LogP contribution in [-0.2, 0) is 0 Å². The minimum Gasteiger partial charge on any atom is -0.392 e. The summed E-state index contributed by atoms with van der Waals surface area (Å²) in [7, 11) is 0. The van der Waals surface area contributed by atoms with Crippen LogP contribution in [0.4, 0.5) is 5.82 Å². The molecule has 0 saturated carbocycles. The molecule has 0 aliphatic heterocycles. The predicted octanol–water partition coefficient (Wildman–Crippen LogP) is 0.750. The van der Waals surface area contributed by atoms with Gasteiger partial charge in [-0.1, -0.05) is 12.1 Å². The molecule has 2 unspecified atom stereocenters. The fraction of sp³-hybridized carbons (Fsp3) is 0.333. The van der Waals surface area contributed by atoms with Gasteiger partial charge in [-0.05, 0) is 19.1 Å². The second-order valence-electron chi connectivity index (χ2n) is 4.03. The van der Waals surface area contributed by atoms with Crippen LogP contribution in [0.3, 0.4) is 0 Å². The molecule has 90 valence electrons. The maximum absolute atomic E-state index is 9.27. The monoisotopic (exact) mass is 232 g/mol. The summed E-state index contributed by atoms with van der Waals surface area (Å²) < 4.78 is 0. The van der Waals surface area contributed by atoms with Gasteiger partial charge < -0.3 is 16.2 Å². The third-order valence-corrected chi connectivity index (χ3v) is 2.59. The lowest BCUT2D eigenvalue weighted by Crippen LogP contribution is -2.38. The molecule has 17 heavy (non-hydrogen) atoms. The number of fused-ring (bicyclic) bond motifs is 1. The molecule has 0 bridgehead atoms. The van der Waals surface area contributed by atoms with Gasteiger partial charge >= 0.3 is 0 Å². The number of aliphatic hydroxyl groups excluding tert-OH is 1. The summed E-state index contributed by atoms with van der Waals surface area (Å²) in [4.78, 5) is 8.67. The van der Waals surface area contributed by atoms with Crippen LogP contribution in [0.5, 0.6) is 0 Å². The lowest BCUT2D eigenvalue weighted by atomic mass is 10.2. The highest BCUT2D eigenvalue weighted by molar-refractivity contribution is 5.75. The van der Waals surface area contributed by atoms with Crippen LogP contribution in [0.15, 0.2) is 30.5 Å². The van der Waals surface area contributed by atoms with E-state index in [-0.39, 0.29) is 6.04 Å². The topological polar surface area (TPSA) is 84.1 Å². The molecule has 0 aliphatic carbocycles. The zero-order valence-corrected chi connectivity index (χ0v) is 9.67. The first-order chi connectivity index (χ1) is 8.16. The van der Waals surface area contributed by atoms with Crippen LogP contribution in [0, 0.1) is 0 Å². The normalized spacial score (nSPS) is 14.5. The van der Waals surface area contributed by atoms with E-state index in [1.54, 1.807) is 13.1 Å². The van der Waals surface area contributed by atoms with E-state index in [0.717, 1.165) is 11.0 Å². The Morgan fingerprint density at radius 2 is 2.06 bits per heavy atom. The molecule has 5 heteroatoms. The number of aromatic nitrogens is 2. The van der Waals surface area contributed by atoms with Gasteiger partial charge in [-0.25, -0.2) is 4.98 Å². The molecule has 5 nitrogen and oxygen atoms in total. The Labute approximate surface area is 99.7 Å². The van der Waals surface area contributed by atoms with E-state index in [4.69, 9.17) is 5.73 Å². The summed E-state index contributed by atoms with van der Waals surface area (Å²) in [5.41, 5.74) is 7.41. The van der Waals surface area contributed by atoms with Gasteiger partial charge in [-0.3, -0.25) is 4.98 Å². The molecular weight excluding hydrogens is 216 g/mol. The maximum atomic E-state index is 9.27. The van der Waals surface area contributed by atoms with Crippen molar-refractivity contribution in [1.29, 1.82) is 0 Å². The standard InChI is InChI=1S/C12H16N4O/c1-8(17)9(13)6-15-12-7-14-10-4-2-3-5-11(10)16-12/h2-5,7-9,17H,6,13H2,1H3,(H,15,16). The van der Waals surface area contributed by atoms with Crippen LogP contribution in [0.2, 0.25) is 0 Å². The van der Waals surface area contributed by atoms with E-state index >= 15 is 0 Å². The van der Waals surface area contributed by atoms with E-state index in [2.05, 4.69) is 15.3 Å². The summed E-state index contributed by atoms with van der Waals surface area (Å²) in [6.45, 7) is 2.13. The molecule has 0 amide bonds. The molecule has 0 radical (unpaired) electrons. The van der Waals surface area contributed by atoms with Crippen molar-refractivity contribution in [2.45, 2.75) is 19.1 Å². The Kier molecular flexibility index (Phi) is 3.51. The fourth-order valence-electron chi connectivity index (χ4n) is 1.44. The van der Waals surface area contributed by atoms with E-state index in [9.17, 15) is 5.11 Å². The van der Waals surface area contributed by atoms with Gasteiger partial charge in [0.05, 0.1) is 23.3 Å². The second kappa shape index (κ2) is 5.07. The Morgan fingerprint density at radius 3 is 2.76 bits per heavy atom. The number of hydrogen-bond acceptors (Lipinski definition) is 5. The highest BCUT2D eigenvalue weighted by Gasteiger charge is 2.09.